The van der Waals surface area contributed by atoms with E-state index in [4.69, 9.17) is 9.63 Å². The summed E-state index contributed by atoms with van der Waals surface area (Å²) in [5, 5.41) is 21.0. The zero-order valence-corrected chi connectivity index (χ0v) is 13.5. The highest BCUT2D eigenvalue weighted by Gasteiger charge is 2.20. The number of nitro groups is 1. The van der Waals surface area contributed by atoms with E-state index >= 15 is 0 Å². The van der Waals surface area contributed by atoms with Crippen LogP contribution in [0.15, 0.2) is 24.3 Å². The first kappa shape index (κ1) is 19.8. The Labute approximate surface area is 137 Å². The normalized spacial score (nSPS) is 13.0. The summed E-state index contributed by atoms with van der Waals surface area (Å²) in [4.78, 5) is 41.1. The average Bonchev–Trinajstić information content (AvgIpc) is 2.51. The number of carboxylic acid groups (broad SMARTS) is 1. The van der Waals surface area contributed by atoms with Crippen LogP contribution in [0.2, 0.25) is 0 Å². The van der Waals surface area contributed by atoms with Crippen LogP contribution >= 0.6 is 7.60 Å². The number of amides is 1. The highest BCUT2D eigenvalue weighted by atomic mass is 31.2. The molecule has 0 spiro atoms. The lowest BCUT2D eigenvalue weighted by atomic mass is 10.2. The molecule has 24 heavy (non-hydrogen) atoms. The Morgan fingerprint density at radius 2 is 1.92 bits per heavy atom. The number of carbonyl (C=O) groups is 2. The van der Waals surface area contributed by atoms with Gasteiger partial charge in [0.15, 0.2) is 0 Å². The second kappa shape index (κ2) is 9.11. The average molecular weight is 360 g/mol. The van der Waals surface area contributed by atoms with Crippen molar-refractivity contribution in [3.05, 3.63) is 39.9 Å². The SMILES string of the molecule is O=C(O)CNC(=O)CCCP(=O)(O)OCc1ccc([N+](=O)[O-])cc1. The third-order valence-electron chi connectivity index (χ3n) is 2.86. The maximum Gasteiger partial charge on any atom is 0.328 e. The van der Waals surface area contributed by atoms with Gasteiger partial charge in [-0.1, -0.05) is 0 Å². The van der Waals surface area contributed by atoms with Crippen molar-refractivity contribution in [1.82, 2.24) is 5.32 Å². The van der Waals surface area contributed by atoms with Gasteiger partial charge < -0.3 is 19.8 Å². The molecular weight excluding hydrogens is 343 g/mol. The Kier molecular flexibility index (Phi) is 7.50. The van der Waals surface area contributed by atoms with Gasteiger partial charge in [0, 0.05) is 18.6 Å². The van der Waals surface area contributed by atoms with E-state index in [1.807, 2.05) is 0 Å². The van der Waals surface area contributed by atoms with Gasteiger partial charge in [-0.3, -0.25) is 24.3 Å². The molecule has 0 aliphatic heterocycles. The molecule has 1 aromatic rings. The van der Waals surface area contributed by atoms with Gasteiger partial charge in [0.2, 0.25) is 5.91 Å². The van der Waals surface area contributed by atoms with Crippen LogP contribution in [0.3, 0.4) is 0 Å². The molecule has 0 saturated heterocycles. The molecule has 1 rings (SSSR count). The molecule has 0 fully saturated rings. The Balaban J connectivity index is 2.35. The number of rotatable bonds is 10. The minimum Gasteiger partial charge on any atom is -0.480 e. The molecular formula is C13H17N2O8P. The second-order valence-electron chi connectivity index (χ2n) is 4.83. The zero-order chi connectivity index (χ0) is 18.2. The van der Waals surface area contributed by atoms with Gasteiger partial charge >= 0.3 is 13.6 Å². The lowest BCUT2D eigenvalue weighted by Crippen LogP contribution is -2.29. The van der Waals surface area contributed by atoms with Crippen molar-refractivity contribution in [3.8, 4) is 0 Å². The molecule has 0 radical (unpaired) electrons. The fourth-order valence-electron chi connectivity index (χ4n) is 1.66. The first-order valence-corrected chi connectivity index (χ1v) is 8.64. The van der Waals surface area contributed by atoms with Crippen LogP contribution in [0, 0.1) is 10.1 Å². The summed E-state index contributed by atoms with van der Waals surface area (Å²) >= 11 is 0. The van der Waals surface area contributed by atoms with Crippen LogP contribution in [0.1, 0.15) is 18.4 Å². The van der Waals surface area contributed by atoms with Crippen LogP contribution in [-0.4, -0.2) is 39.5 Å². The molecule has 1 amide bonds. The van der Waals surface area contributed by atoms with Gasteiger partial charge in [-0.05, 0) is 24.1 Å². The summed E-state index contributed by atoms with van der Waals surface area (Å²) in [6.45, 7) is -0.705. The van der Waals surface area contributed by atoms with E-state index in [-0.39, 0.29) is 31.3 Å². The van der Waals surface area contributed by atoms with E-state index in [0.717, 1.165) is 0 Å². The smallest absolute Gasteiger partial charge is 0.328 e. The number of carboxylic acids is 1. The van der Waals surface area contributed by atoms with Crippen molar-refractivity contribution in [2.75, 3.05) is 12.7 Å². The Morgan fingerprint density at radius 3 is 2.46 bits per heavy atom. The zero-order valence-electron chi connectivity index (χ0n) is 12.6. The summed E-state index contributed by atoms with van der Waals surface area (Å²) in [5.74, 6) is -1.71. The number of nitrogens with one attached hydrogen (secondary N) is 1. The Morgan fingerprint density at radius 1 is 1.29 bits per heavy atom. The molecule has 0 heterocycles. The number of hydrogen-bond acceptors (Lipinski definition) is 6. The first-order valence-electron chi connectivity index (χ1n) is 6.88. The quantitative estimate of drug-likeness (QED) is 0.320. The lowest BCUT2D eigenvalue weighted by Gasteiger charge is -2.12. The molecule has 1 unspecified atom stereocenters. The number of hydrogen-bond donors (Lipinski definition) is 3. The fourth-order valence-corrected chi connectivity index (χ4v) is 2.69. The number of aliphatic carboxylic acids is 1. The van der Waals surface area contributed by atoms with Gasteiger partial charge in [0.05, 0.1) is 17.7 Å². The van der Waals surface area contributed by atoms with Crippen molar-refractivity contribution < 1.29 is 33.6 Å². The van der Waals surface area contributed by atoms with Crippen LogP contribution < -0.4 is 5.32 Å². The molecule has 0 saturated carbocycles. The molecule has 1 atom stereocenters. The standard InChI is InChI=1S/C13H17N2O8P/c16-12(14-8-13(17)18)2-1-7-24(21,22)23-9-10-3-5-11(6-4-10)15(19)20/h3-6H,1-2,7-9H2,(H,14,16)(H,17,18)(H,21,22). The van der Waals surface area contributed by atoms with Crippen molar-refractivity contribution in [1.29, 1.82) is 0 Å². The molecule has 132 valence electrons. The molecule has 0 aromatic heterocycles. The van der Waals surface area contributed by atoms with Crippen LogP contribution in [0.25, 0.3) is 0 Å². The van der Waals surface area contributed by atoms with Crippen molar-refractivity contribution in [3.63, 3.8) is 0 Å². The molecule has 0 bridgehead atoms. The van der Waals surface area contributed by atoms with Crippen LogP contribution in [0.4, 0.5) is 5.69 Å². The topological polar surface area (TPSA) is 156 Å². The summed E-state index contributed by atoms with van der Waals surface area (Å²) < 4.78 is 16.7. The summed E-state index contributed by atoms with van der Waals surface area (Å²) in [6.07, 6.45) is -0.307. The Hall–Kier alpha value is -2.29. The second-order valence-corrected chi connectivity index (χ2v) is 6.81. The van der Waals surface area contributed by atoms with Gasteiger partial charge in [-0.25, -0.2) is 0 Å². The highest BCUT2D eigenvalue weighted by Crippen LogP contribution is 2.43. The predicted molar refractivity (Wildman–Crippen MR) is 82.5 cm³/mol. The number of benzene rings is 1. The third-order valence-corrected chi connectivity index (χ3v) is 4.28. The van der Waals surface area contributed by atoms with E-state index in [2.05, 4.69) is 5.32 Å². The summed E-state index contributed by atoms with van der Waals surface area (Å²) in [6, 6.07) is 5.34. The third kappa shape index (κ3) is 7.82. The van der Waals surface area contributed by atoms with Gasteiger partial charge in [-0.2, -0.15) is 0 Å². The number of nitrogens with zero attached hydrogens (tertiary/aromatic N) is 1. The summed E-state index contributed by atoms with van der Waals surface area (Å²) in [5.41, 5.74) is 0.396. The molecule has 10 nitrogen and oxygen atoms in total. The number of carbonyl (C=O) groups excluding carboxylic acids is 1. The monoisotopic (exact) mass is 360 g/mol. The van der Waals surface area contributed by atoms with Gasteiger partial charge in [0.25, 0.3) is 5.69 Å². The van der Waals surface area contributed by atoms with Crippen molar-refractivity contribution >= 4 is 25.2 Å². The van der Waals surface area contributed by atoms with Gasteiger partial charge in [-0.15, -0.1) is 0 Å². The Bertz CT molecular complexity index is 646. The molecule has 1 aromatic carbocycles. The van der Waals surface area contributed by atoms with E-state index < -0.39 is 30.9 Å². The molecule has 0 aliphatic carbocycles. The van der Waals surface area contributed by atoms with E-state index in [1.54, 1.807) is 0 Å². The largest absolute Gasteiger partial charge is 0.480 e. The predicted octanol–water partition coefficient (Wildman–Crippen LogP) is 1.28. The van der Waals surface area contributed by atoms with Crippen molar-refractivity contribution in [2.45, 2.75) is 19.4 Å². The van der Waals surface area contributed by atoms with Crippen LogP contribution in [0.5, 0.6) is 0 Å². The van der Waals surface area contributed by atoms with Gasteiger partial charge in [0.1, 0.15) is 6.54 Å². The minimum absolute atomic E-state index is 0.0551. The molecule has 11 heteroatoms. The van der Waals surface area contributed by atoms with Crippen molar-refractivity contribution in [2.24, 2.45) is 0 Å². The maximum absolute atomic E-state index is 11.8. The minimum atomic E-state index is -3.91. The lowest BCUT2D eigenvalue weighted by molar-refractivity contribution is -0.384. The molecule has 3 N–H and O–H groups in total. The fraction of sp³-hybridized carbons (Fsp3) is 0.385. The van der Waals surface area contributed by atoms with E-state index in [1.165, 1.54) is 24.3 Å². The van der Waals surface area contributed by atoms with Crippen LogP contribution in [-0.2, 0) is 25.3 Å². The number of nitro benzene ring substituents is 1. The number of non-ortho nitro benzene ring substituents is 1. The maximum atomic E-state index is 11.8. The molecule has 0 aliphatic rings. The first-order chi connectivity index (χ1) is 11.2. The highest BCUT2D eigenvalue weighted by molar-refractivity contribution is 7.52. The van der Waals surface area contributed by atoms with E-state index in [0.29, 0.717) is 5.56 Å². The summed E-state index contributed by atoms with van der Waals surface area (Å²) in [7, 11) is -3.91. The van der Waals surface area contributed by atoms with E-state index in [9.17, 15) is 29.2 Å².